The second kappa shape index (κ2) is 5.89. The highest BCUT2D eigenvalue weighted by Gasteiger charge is 2.29. The average Bonchev–Trinajstić information content (AvgIpc) is 2.97. The fourth-order valence-electron chi connectivity index (χ4n) is 2.46. The number of aromatic carboxylic acids is 1. The number of hydrogen-bond acceptors (Lipinski definition) is 3. The first-order valence-corrected chi connectivity index (χ1v) is 6.97. The van der Waals surface area contributed by atoms with Gasteiger partial charge in [-0.2, -0.15) is 0 Å². The molecular weight excluding hydrogens is 282 g/mol. The lowest BCUT2D eigenvalue weighted by Gasteiger charge is -2.10. The van der Waals surface area contributed by atoms with Crippen LogP contribution in [0.25, 0.3) is 0 Å². The number of nitrogens with one attached hydrogen (secondary N) is 1. The summed E-state index contributed by atoms with van der Waals surface area (Å²) in [6.07, 6.45) is 0. The molecule has 5 heteroatoms. The van der Waals surface area contributed by atoms with E-state index in [-0.39, 0.29) is 17.4 Å². The molecule has 0 aliphatic carbocycles. The van der Waals surface area contributed by atoms with Gasteiger partial charge in [-0.1, -0.05) is 30.3 Å². The molecule has 2 N–H and O–H groups in total. The number of benzene rings is 2. The van der Waals surface area contributed by atoms with Gasteiger partial charge in [0, 0.05) is 12.1 Å². The van der Waals surface area contributed by atoms with Crippen molar-refractivity contribution in [2.24, 2.45) is 0 Å². The van der Waals surface area contributed by atoms with Crippen molar-refractivity contribution in [3.63, 3.8) is 0 Å². The van der Waals surface area contributed by atoms with E-state index in [1.807, 2.05) is 24.3 Å². The maximum atomic E-state index is 12.3. The molecule has 5 nitrogen and oxygen atoms in total. The zero-order valence-electron chi connectivity index (χ0n) is 11.8. The maximum absolute atomic E-state index is 12.3. The zero-order chi connectivity index (χ0) is 15.5. The Morgan fingerprint density at radius 2 is 1.86 bits per heavy atom. The highest BCUT2D eigenvalue weighted by atomic mass is 16.5. The number of hydrogen-bond donors (Lipinski definition) is 2. The molecule has 0 fully saturated rings. The topological polar surface area (TPSA) is 75.6 Å². The first-order valence-electron chi connectivity index (χ1n) is 6.97. The minimum Gasteiger partial charge on any atom is -0.492 e. The van der Waals surface area contributed by atoms with E-state index in [1.54, 1.807) is 12.1 Å². The quantitative estimate of drug-likeness (QED) is 0.907. The van der Waals surface area contributed by atoms with Crippen LogP contribution in [-0.2, 0) is 11.3 Å². The minimum absolute atomic E-state index is 0.0905. The van der Waals surface area contributed by atoms with Gasteiger partial charge in [0.25, 0.3) is 0 Å². The Morgan fingerprint density at radius 1 is 1.14 bits per heavy atom. The molecule has 0 bridgehead atoms. The van der Waals surface area contributed by atoms with Gasteiger partial charge in [0.15, 0.2) is 0 Å². The molecular formula is C17H15NO4. The number of para-hydroxylation sites is 1. The van der Waals surface area contributed by atoms with Crippen molar-refractivity contribution in [3.05, 3.63) is 65.2 Å². The molecule has 112 valence electrons. The lowest BCUT2D eigenvalue weighted by Crippen LogP contribution is -2.29. The number of rotatable bonds is 4. The number of fused-ring (bicyclic) bond motifs is 1. The second-order valence-electron chi connectivity index (χ2n) is 5.12. The number of amides is 1. The maximum Gasteiger partial charge on any atom is 0.335 e. The van der Waals surface area contributed by atoms with Gasteiger partial charge in [-0.15, -0.1) is 0 Å². The predicted molar refractivity (Wildman–Crippen MR) is 79.9 cm³/mol. The minimum atomic E-state index is -0.963. The van der Waals surface area contributed by atoms with Gasteiger partial charge in [-0.3, -0.25) is 4.79 Å². The molecule has 1 aliphatic rings. The summed E-state index contributed by atoms with van der Waals surface area (Å²) in [6.45, 7) is 0.709. The highest BCUT2D eigenvalue weighted by molar-refractivity contribution is 5.87. The Hall–Kier alpha value is -2.82. The first kappa shape index (κ1) is 14.1. The molecule has 1 heterocycles. The van der Waals surface area contributed by atoms with Gasteiger partial charge in [0.05, 0.1) is 5.56 Å². The molecule has 1 aliphatic heterocycles. The van der Waals surface area contributed by atoms with Crippen LogP contribution in [0.15, 0.2) is 48.5 Å². The van der Waals surface area contributed by atoms with E-state index in [0.717, 1.165) is 16.9 Å². The van der Waals surface area contributed by atoms with Crippen molar-refractivity contribution in [1.82, 2.24) is 5.32 Å². The number of carbonyl (C=O) groups is 2. The van der Waals surface area contributed by atoms with E-state index in [4.69, 9.17) is 9.84 Å². The number of carbonyl (C=O) groups excluding carboxylic acids is 1. The van der Waals surface area contributed by atoms with Crippen molar-refractivity contribution < 1.29 is 19.4 Å². The fourth-order valence-corrected chi connectivity index (χ4v) is 2.46. The number of carboxylic acids is 1. The van der Waals surface area contributed by atoms with Crippen molar-refractivity contribution in [2.45, 2.75) is 12.5 Å². The second-order valence-corrected chi connectivity index (χ2v) is 5.12. The van der Waals surface area contributed by atoms with Crippen LogP contribution < -0.4 is 10.1 Å². The van der Waals surface area contributed by atoms with Crippen molar-refractivity contribution >= 4 is 11.9 Å². The Bertz CT molecular complexity index is 709. The summed E-state index contributed by atoms with van der Waals surface area (Å²) in [5.41, 5.74) is 1.99. The summed E-state index contributed by atoms with van der Waals surface area (Å²) in [4.78, 5) is 23.1. The van der Waals surface area contributed by atoms with Crippen LogP contribution in [0, 0.1) is 0 Å². The van der Waals surface area contributed by atoms with Crippen LogP contribution in [0.2, 0.25) is 0 Å². The molecule has 1 atom stereocenters. The summed E-state index contributed by atoms with van der Waals surface area (Å²) in [5.74, 6) is -0.592. The molecule has 3 rings (SSSR count). The lowest BCUT2D eigenvalue weighted by atomic mass is 10.0. The Morgan fingerprint density at radius 3 is 2.59 bits per heavy atom. The van der Waals surface area contributed by atoms with Crippen LogP contribution in [0.5, 0.6) is 5.75 Å². The Kier molecular flexibility index (Phi) is 3.78. The number of carboxylic acid groups (broad SMARTS) is 1. The highest BCUT2D eigenvalue weighted by Crippen LogP contribution is 2.33. The summed E-state index contributed by atoms with van der Waals surface area (Å²) >= 11 is 0. The summed E-state index contributed by atoms with van der Waals surface area (Å²) in [7, 11) is 0. The Balaban J connectivity index is 1.62. The van der Waals surface area contributed by atoms with E-state index < -0.39 is 5.97 Å². The molecule has 0 radical (unpaired) electrons. The van der Waals surface area contributed by atoms with Gasteiger partial charge in [-0.25, -0.2) is 4.79 Å². The normalized spacial score (nSPS) is 15.7. The molecule has 2 aromatic rings. The third kappa shape index (κ3) is 2.79. The smallest absolute Gasteiger partial charge is 0.335 e. The zero-order valence-corrected chi connectivity index (χ0v) is 11.8. The molecule has 0 saturated heterocycles. The van der Waals surface area contributed by atoms with Gasteiger partial charge < -0.3 is 15.2 Å². The first-order chi connectivity index (χ1) is 10.6. The van der Waals surface area contributed by atoms with Gasteiger partial charge in [-0.05, 0) is 23.8 Å². The van der Waals surface area contributed by atoms with Gasteiger partial charge in [0.2, 0.25) is 5.91 Å². The van der Waals surface area contributed by atoms with Crippen LogP contribution >= 0.6 is 0 Å². The Labute approximate surface area is 127 Å². The summed E-state index contributed by atoms with van der Waals surface area (Å²) in [6, 6.07) is 14.0. The lowest BCUT2D eigenvalue weighted by molar-refractivity contribution is -0.122. The molecule has 1 unspecified atom stereocenters. The molecule has 0 aromatic heterocycles. The molecule has 0 spiro atoms. The van der Waals surface area contributed by atoms with E-state index in [9.17, 15) is 9.59 Å². The van der Waals surface area contributed by atoms with E-state index in [0.29, 0.717) is 13.2 Å². The molecule has 2 aromatic carbocycles. The average molecular weight is 297 g/mol. The van der Waals surface area contributed by atoms with Gasteiger partial charge in [0.1, 0.15) is 18.3 Å². The third-order valence-corrected chi connectivity index (χ3v) is 3.68. The largest absolute Gasteiger partial charge is 0.492 e. The van der Waals surface area contributed by atoms with Crippen LogP contribution in [0.3, 0.4) is 0 Å². The van der Waals surface area contributed by atoms with Crippen molar-refractivity contribution in [3.8, 4) is 5.75 Å². The van der Waals surface area contributed by atoms with E-state index in [1.165, 1.54) is 12.1 Å². The monoisotopic (exact) mass is 297 g/mol. The van der Waals surface area contributed by atoms with Crippen LogP contribution in [-0.4, -0.2) is 23.6 Å². The summed E-state index contributed by atoms with van der Waals surface area (Å²) in [5, 5.41) is 11.7. The van der Waals surface area contributed by atoms with Crippen LogP contribution in [0.1, 0.15) is 27.4 Å². The molecule has 1 amide bonds. The third-order valence-electron chi connectivity index (χ3n) is 3.68. The van der Waals surface area contributed by atoms with Gasteiger partial charge >= 0.3 is 5.97 Å². The number of ether oxygens (including phenoxy) is 1. The molecule has 0 saturated carbocycles. The predicted octanol–water partition coefficient (Wildman–Crippen LogP) is 2.18. The van der Waals surface area contributed by atoms with Crippen molar-refractivity contribution in [2.75, 3.05) is 6.61 Å². The fraction of sp³-hybridized carbons (Fsp3) is 0.176. The van der Waals surface area contributed by atoms with Crippen LogP contribution in [0.4, 0.5) is 0 Å². The van der Waals surface area contributed by atoms with E-state index in [2.05, 4.69) is 5.32 Å². The molecule has 22 heavy (non-hydrogen) atoms. The SMILES string of the molecule is O=C(O)c1ccc(CNC(=O)C2COc3ccccc32)cc1. The summed E-state index contributed by atoms with van der Waals surface area (Å²) < 4.78 is 5.50. The standard InChI is InChI=1S/C17H15NO4/c19-16(14-10-22-15-4-2-1-3-13(14)15)18-9-11-5-7-12(8-6-11)17(20)21/h1-8,14H,9-10H2,(H,18,19)(H,20,21). The van der Waals surface area contributed by atoms with E-state index >= 15 is 0 Å². The van der Waals surface area contributed by atoms with Crippen molar-refractivity contribution in [1.29, 1.82) is 0 Å².